The highest BCUT2D eigenvalue weighted by molar-refractivity contribution is 7.99. The van der Waals surface area contributed by atoms with Crippen molar-refractivity contribution in [2.24, 2.45) is 10.2 Å². The van der Waals surface area contributed by atoms with E-state index in [0.29, 0.717) is 24.6 Å². The zero-order valence-corrected chi connectivity index (χ0v) is 33.2. The topological polar surface area (TPSA) is 81.5 Å². The molecule has 0 fully saturated rings. The standard InChI is InChI=1S/C48H48N6O2S/c1-3-51-45-21-13-11-19-41(45)43-27-35(23-25-47(43)51)29-49-53(37-15-7-5-8-16-37)31-39(55)33-57-34-40(56)32-54(38-17-9-6-10-18-38)50-30-36-24-26-48-44(28-36)42-20-12-14-22-46(42)52(48)4-2/h5-30,39-40,55-56H,3-4,31-34H2,1-2H3. The van der Waals surface area contributed by atoms with Crippen LogP contribution in [0.25, 0.3) is 43.6 Å². The van der Waals surface area contributed by atoms with Gasteiger partial charge in [-0.05, 0) is 85.6 Å². The van der Waals surface area contributed by atoms with Crippen molar-refractivity contribution in [3.8, 4) is 0 Å². The summed E-state index contributed by atoms with van der Waals surface area (Å²) in [5.74, 6) is 0.886. The molecule has 2 aromatic heterocycles. The molecule has 2 heterocycles. The molecule has 0 aliphatic rings. The van der Waals surface area contributed by atoms with Gasteiger partial charge in [-0.15, -0.1) is 0 Å². The number of hydrogen-bond acceptors (Lipinski definition) is 7. The lowest BCUT2D eigenvalue weighted by Crippen LogP contribution is -2.32. The average Bonchev–Trinajstić information content (AvgIpc) is 3.75. The van der Waals surface area contributed by atoms with Gasteiger partial charge in [-0.1, -0.05) is 84.9 Å². The van der Waals surface area contributed by atoms with Gasteiger partial charge in [0.1, 0.15) is 0 Å². The van der Waals surface area contributed by atoms with E-state index in [-0.39, 0.29) is 0 Å². The first kappa shape index (κ1) is 38.0. The lowest BCUT2D eigenvalue weighted by molar-refractivity contribution is 0.200. The summed E-state index contributed by atoms with van der Waals surface area (Å²) >= 11 is 1.52. The number of fused-ring (bicyclic) bond motifs is 6. The summed E-state index contributed by atoms with van der Waals surface area (Å²) in [5, 5.41) is 40.8. The Bertz CT molecular complexity index is 2470. The molecule has 0 bridgehead atoms. The third-order valence-electron chi connectivity index (χ3n) is 10.4. The normalized spacial score (nSPS) is 13.1. The third-order valence-corrected chi connectivity index (χ3v) is 11.7. The van der Waals surface area contributed by atoms with Gasteiger partial charge in [0.25, 0.3) is 0 Å². The minimum Gasteiger partial charge on any atom is -0.390 e. The minimum absolute atomic E-state index is 0.308. The molecule has 8 aromatic rings. The molecular formula is C48H48N6O2S. The summed E-state index contributed by atoms with van der Waals surface area (Å²) in [7, 11) is 0. The van der Waals surface area contributed by atoms with Gasteiger partial charge < -0.3 is 19.3 Å². The Labute approximate surface area is 338 Å². The number of hydrazone groups is 2. The van der Waals surface area contributed by atoms with E-state index in [1.165, 1.54) is 55.4 Å². The molecule has 57 heavy (non-hydrogen) atoms. The van der Waals surface area contributed by atoms with E-state index >= 15 is 0 Å². The van der Waals surface area contributed by atoms with Crippen molar-refractivity contribution in [2.45, 2.75) is 39.1 Å². The maximum Gasteiger partial charge on any atom is 0.0826 e. The maximum absolute atomic E-state index is 11.3. The molecule has 0 saturated heterocycles. The second kappa shape index (κ2) is 17.5. The molecule has 2 N–H and O–H groups in total. The van der Waals surface area contributed by atoms with Crippen LogP contribution in [0.2, 0.25) is 0 Å². The van der Waals surface area contributed by atoms with Crippen LogP contribution in [0.5, 0.6) is 0 Å². The maximum atomic E-state index is 11.3. The Balaban J connectivity index is 0.923. The van der Waals surface area contributed by atoms with Crippen LogP contribution in [-0.4, -0.2) is 68.6 Å². The van der Waals surface area contributed by atoms with E-state index in [2.05, 4.69) is 108 Å². The van der Waals surface area contributed by atoms with Crippen molar-refractivity contribution in [3.05, 3.63) is 157 Å². The zero-order valence-electron chi connectivity index (χ0n) is 32.4. The predicted molar refractivity (Wildman–Crippen MR) is 242 cm³/mol. The van der Waals surface area contributed by atoms with Crippen molar-refractivity contribution < 1.29 is 10.2 Å². The quantitative estimate of drug-likeness (QED) is 0.0756. The molecule has 288 valence electrons. The Morgan fingerprint density at radius 3 is 1.32 bits per heavy atom. The first-order chi connectivity index (χ1) is 28.0. The summed E-state index contributed by atoms with van der Waals surface area (Å²) in [5.41, 5.74) is 8.64. The Hall–Kier alpha value is -5.87. The second-order valence-corrected chi connectivity index (χ2v) is 15.3. The summed E-state index contributed by atoms with van der Waals surface area (Å²) in [4.78, 5) is 0. The molecule has 0 amide bonds. The Morgan fingerprint density at radius 2 is 0.895 bits per heavy atom. The lowest BCUT2D eigenvalue weighted by Gasteiger charge is -2.24. The molecule has 0 radical (unpaired) electrons. The van der Waals surface area contributed by atoms with Crippen LogP contribution in [-0.2, 0) is 13.1 Å². The fourth-order valence-electron chi connectivity index (χ4n) is 7.74. The van der Waals surface area contributed by atoms with Crippen molar-refractivity contribution in [3.63, 3.8) is 0 Å². The first-order valence-corrected chi connectivity index (χ1v) is 20.8. The first-order valence-electron chi connectivity index (χ1n) is 19.7. The Kier molecular flexibility index (Phi) is 11.7. The summed E-state index contributed by atoms with van der Waals surface area (Å²) in [6, 6.07) is 49.8. The number of aromatic nitrogens is 2. The smallest absolute Gasteiger partial charge is 0.0826 e. The number of hydrogen-bond donors (Lipinski definition) is 2. The number of thioether (sulfide) groups is 1. The number of anilines is 2. The van der Waals surface area contributed by atoms with Crippen LogP contribution in [0.15, 0.2) is 156 Å². The molecule has 8 nitrogen and oxygen atoms in total. The number of nitrogens with zero attached hydrogens (tertiary/aromatic N) is 6. The van der Waals surface area contributed by atoms with Crippen molar-refractivity contribution >= 4 is 79.2 Å². The van der Waals surface area contributed by atoms with E-state index in [4.69, 9.17) is 10.2 Å². The van der Waals surface area contributed by atoms with E-state index in [0.717, 1.165) is 35.6 Å². The number of aryl methyl sites for hydroxylation is 2. The molecule has 2 atom stereocenters. The van der Waals surface area contributed by atoms with Crippen LogP contribution in [0.1, 0.15) is 25.0 Å². The Morgan fingerprint density at radius 1 is 0.509 bits per heavy atom. The molecule has 0 saturated carbocycles. The second-order valence-electron chi connectivity index (χ2n) is 14.2. The minimum atomic E-state index is -0.679. The molecule has 6 aromatic carbocycles. The molecule has 0 aliphatic carbocycles. The predicted octanol–water partition coefficient (Wildman–Crippen LogP) is 9.78. The number of benzene rings is 6. The highest BCUT2D eigenvalue weighted by atomic mass is 32.2. The van der Waals surface area contributed by atoms with Crippen molar-refractivity contribution in [1.29, 1.82) is 0 Å². The fourth-order valence-corrected chi connectivity index (χ4v) is 8.63. The SMILES string of the molecule is CCn1c2ccccc2c2cc(C=NN(CC(O)CSCC(O)CN(N=Cc3ccc4c(c3)c3ccccc3n4CC)c3ccccc3)c3ccccc3)ccc21. The van der Waals surface area contributed by atoms with Gasteiger partial charge in [0.05, 0.1) is 49.1 Å². The molecule has 2 unspecified atom stereocenters. The monoisotopic (exact) mass is 772 g/mol. The number of aliphatic hydroxyl groups is 2. The third kappa shape index (κ3) is 8.32. The van der Waals surface area contributed by atoms with Crippen molar-refractivity contribution in [1.82, 2.24) is 9.13 Å². The highest BCUT2D eigenvalue weighted by Gasteiger charge is 2.17. The van der Waals surface area contributed by atoms with E-state index < -0.39 is 12.2 Å². The zero-order chi connectivity index (χ0) is 39.1. The van der Waals surface area contributed by atoms with Gasteiger partial charge in [0.2, 0.25) is 0 Å². The number of rotatable bonds is 16. The largest absolute Gasteiger partial charge is 0.390 e. The van der Waals surface area contributed by atoms with E-state index in [1.54, 1.807) is 0 Å². The van der Waals surface area contributed by atoms with Gasteiger partial charge in [-0.2, -0.15) is 22.0 Å². The van der Waals surface area contributed by atoms with Gasteiger partial charge in [0.15, 0.2) is 0 Å². The number of aliphatic hydroxyl groups excluding tert-OH is 2. The molecule has 0 spiro atoms. The van der Waals surface area contributed by atoms with Crippen LogP contribution in [0.3, 0.4) is 0 Å². The molecule has 8 rings (SSSR count). The van der Waals surface area contributed by atoms with E-state index in [1.807, 2.05) is 83.1 Å². The molecule has 9 heteroatoms. The summed E-state index contributed by atoms with van der Waals surface area (Å²) in [6.07, 6.45) is 2.38. The number of para-hydroxylation sites is 4. The van der Waals surface area contributed by atoms with Gasteiger partial charge in [-0.25, -0.2) is 0 Å². The van der Waals surface area contributed by atoms with Crippen molar-refractivity contribution in [2.75, 3.05) is 34.6 Å². The van der Waals surface area contributed by atoms with Crippen LogP contribution in [0.4, 0.5) is 11.4 Å². The van der Waals surface area contributed by atoms with Gasteiger partial charge >= 0.3 is 0 Å². The van der Waals surface area contributed by atoms with Crippen LogP contribution in [0, 0.1) is 0 Å². The summed E-state index contributed by atoms with van der Waals surface area (Å²) < 4.78 is 4.68. The van der Waals surface area contributed by atoms with Crippen LogP contribution >= 0.6 is 11.8 Å². The van der Waals surface area contributed by atoms with Crippen LogP contribution < -0.4 is 10.0 Å². The molecular weight excluding hydrogens is 725 g/mol. The van der Waals surface area contributed by atoms with E-state index in [9.17, 15) is 10.2 Å². The van der Waals surface area contributed by atoms with Gasteiger partial charge in [0, 0.05) is 68.2 Å². The average molecular weight is 773 g/mol. The highest BCUT2D eigenvalue weighted by Crippen LogP contribution is 2.31. The van der Waals surface area contributed by atoms with Gasteiger partial charge in [-0.3, -0.25) is 10.0 Å². The molecule has 0 aliphatic heterocycles. The lowest BCUT2D eigenvalue weighted by atomic mass is 10.1. The summed E-state index contributed by atoms with van der Waals surface area (Å²) in [6.45, 7) is 6.76. The fraction of sp³-hybridized carbons (Fsp3) is 0.208.